The van der Waals surface area contributed by atoms with Crippen molar-refractivity contribution in [3.8, 4) is 0 Å². The third kappa shape index (κ3) is 3.46. The van der Waals surface area contributed by atoms with Crippen molar-refractivity contribution in [2.45, 2.75) is 19.9 Å². The lowest BCUT2D eigenvalue weighted by molar-refractivity contribution is -0.119. The average molecular weight is 405 g/mol. The summed E-state index contributed by atoms with van der Waals surface area (Å²) in [6, 6.07) is 7.90. The first-order valence-corrected chi connectivity index (χ1v) is 8.75. The first kappa shape index (κ1) is 19.1. The summed E-state index contributed by atoms with van der Waals surface area (Å²) in [6.45, 7) is 2.89. The van der Waals surface area contributed by atoms with Crippen molar-refractivity contribution in [1.29, 1.82) is 0 Å². The molecule has 3 amide bonds. The molecule has 138 valence electrons. The quantitative estimate of drug-likeness (QED) is 0.619. The van der Waals surface area contributed by atoms with Gasteiger partial charge in [-0.05, 0) is 50.2 Å². The highest BCUT2D eigenvalue weighted by molar-refractivity contribution is 6.43. The first-order valence-electron chi connectivity index (χ1n) is 7.99. The fraction of sp³-hybridized carbons (Fsp3) is 0.158. The molecule has 0 aromatic heterocycles. The predicted octanol–water partition coefficient (Wildman–Crippen LogP) is 3.82. The van der Waals surface area contributed by atoms with Crippen LogP contribution in [0.15, 0.2) is 36.4 Å². The summed E-state index contributed by atoms with van der Waals surface area (Å²) in [5.41, 5.74) is 1.18. The van der Waals surface area contributed by atoms with Crippen molar-refractivity contribution in [2.75, 3.05) is 5.32 Å². The van der Waals surface area contributed by atoms with Crippen molar-refractivity contribution < 1.29 is 19.2 Å². The molecule has 3 rings (SSSR count). The number of carbonyl (C=O) groups excluding carboxylic acids is 4. The normalized spacial score (nSPS) is 14.1. The summed E-state index contributed by atoms with van der Waals surface area (Å²) in [6.07, 6.45) is 0. The van der Waals surface area contributed by atoms with Gasteiger partial charge in [-0.25, -0.2) is 0 Å². The van der Waals surface area contributed by atoms with Crippen LogP contribution in [0.5, 0.6) is 0 Å². The summed E-state index contributed by atoms with van der Waals surface area (Å²) in [7, 11) is 0. The maximum Gasteiger partial charge on any atom is 0.262 e. The molecule has 0 spiro atoms. The summed E-state index contributed by atoms with van der Waals surface area (Å²) >= 11 is 11.8. The number of hydrogen-bond acceptors (Lipinski definition) is 4. The topological polar surface area (TPSA) is 83.6 Å². The zero-order valence-electron chi connectivity index (χ0n) is 14.4. The van der Waals surface area contributed by atoms with Crippen molar-refractivity contribution in [1.82, 2.24) is 4.90 Å². The molecule has 0 bridgehead atoms. The van der Waals surface area contributed by atoms with Crippen LogP contribution in [0.3, 0.4) is 0 Å². The highest BCUT2D eigenvalue weighted by Gasteiger charge is 2.41. The van der Waals surface area contributed by atoms with Crippen LogP contribution in [0, 0.1) is 0 Å². The number of Topliss-reactive ketones (excluding diaryl/α,β-unsaturated/α-hetero) is 1. The summed E-state index contributed by atoms with van der Waals surface area (Å²) in [5, 5.41) is 2.93. The van der Waals surface area contributed by atoms with Crippen LogP contribution < -0.4 is 5.32 Å². The van der Waals surface area contributed by atoms with Crippen LogP contribution in [0.1, 0.15) is 44.9 Å². The van der Waals surface area contributed by atoms with E-state index in [4.69, 9.17) is 23.2 Å². The Bertz CT molecular complexity index is 945. The van der Waals surface area contributed by atoms with Gasteiger partial charge in [0.25, 0.3) is 11.8 Å². The van der Waals surface area contributed by atoms with Crippen LogP contribution in [0.4, 0.5) is 5.69 Å². The summed E-state index contributed by atoms with van der Waals surface area (Å²) < 4.78 is 0. The minimum atomic E-state index is -1.05. The van der Waals surface area contributed by atoms with Crippen LogP contribution in [0.25, 0.3) is 0 Å². The molecule has 0 saturated carbocycles. The Morgan fingerprint density at radius 3 is 1.89 bits per heavy atom. The van der Waals surface area contributed by atoms with E-state index in [2.05, 4.69) is 5.32 Å². The number of nitrogens with zero attached hydrogens (tertiary/aromatic N) is 1. The number of fused-ring (bicyclic) bond motifs is 1. The van der Waals surface area contributed by atoms with E-state index in [1.54, 1.807) is 24.3 Å². The third-order valence-electron chi connectivity index (χ3n) is 4.28. The second kappa shape index (κ2) is 7.13. The standard InChI is InChI=1S/C19H14Cl2N2O4/c1-9(17(25)22-12-5-3-11(4-6-12)10(2)24)23-18(26)13-7-15(20)16(21)8-14(13)19(23)27/h3-9H,1-2H3,(H,22,25)/t9-/m0/s1. The monoisotopic (exact) mass is 404 g/mol. The van der Waals surface area contributed by atoms with Gasteiger partial charge in [0.05, 0.1) is 21.2 Å². The zero-order valence-corrected chi connectivity index (χ0v) is 15.9. The van der Waals surface area contributed by atoms with Gasteiger partial charge >= 0.3 is 0 Å². The fourth-order valence-electron chi connectivity index (χ4n) is 2.76. The Balaban J connectivity index is 1.80. The number of anilines is 1. The Hall–Kier alpha value is -2.70. The van der Waals surface area contributed by atoms with Crippen LogP contribution in [-0.2, 0) is 4.79 Å². The highest BCUT2D eigenvalue weighted by Crippen LogP contribution is 2.32. The van der Waals surface area contributed by atoms with E-state index < -0.39 is 23.8 Å². The minimum Gasteiger partial charge on any atom is -0.324 e. The molecule has 2 aromatic rings. The van der Waals surface area contributed by atoms with Gasteiger partial charge in [-0.3, -0.25) is 24.1 Å². The smallest absolute Gasteiger partial charge is 0.262 e. The Labute approximate surface area is 165 Å². The molecule has 27 heavy (non-hydrogen) atoms. The van der Waals surface area contributed by atoms with Gasteiger partial charge in [-0.1, -0.05) is 23.2 Å². The molecule has 0 saturated heterocycles. The van der Waals surface area contributed by atoms with E-state index in [0.717, 1.165) is 4.90 Å². The van der Waals surface area contributed by atoms with E-state index in [9.17, 15) is 19.2 Å². The molecule has 2 aromatic carbocycles. The lowest BCUT2D eigenvalue weighted by Crippen LogP contribution is -2.45. The molecule has 0 fully saturated rings. The first-order chi connectivity index (χ1) is 12.7. The Kier molecular flexibility index (Phi) is 5.04. The molecule has 1 aliphatic heterocycles. The van der Waals surface area contributed by atoms with Crippen molar-refractivity contribution in [3.05, 3.63) is 63.1 Å². The van der Waals surface area contributed by atoms with Gasteiger partial charge in [-0.15, -0.1) is 0 Å². The number of imide groups is 1. The Morgan fingerprint density at radius 1 is 0.963 bits per heavy atom. The van der Waals surface area contributed by atoms with Crippen molar-refractivity contribution in [2.24, 2.45) is 0 Å². The summed E-state index contributed by atoms with van der Waals surface area (Å²) in [5.74, 6) is -1.85. The molecule has 8 heteroatoms. The molecule has 1 N–H and O–H groups in total. The van der Waals surface area contributed by atoms with Crippen LogP contribution in [0.2, 0.25) is 10.0 Å². The highest BCUT2D eigenvalue weighted by atomic mass is 35.5. The fourth-order valence-corrected chi connectivity index (χ4v) is 3.08. The number of hydrogen-bond donors (Lipinski definition) is 1. The van der Waals surface area contributed by atoms with Gasteiger partial charge in [0.1, 0.15) is 6.04 Å². The number of amides is 3. The maximum atomic E-state index is 12.6. The number of halogens is 2. The van der Waals surface area contributed by atoms with Gasteiger partial charge in [0.2, 0.25) is 5.91 Å². The molecule has 1 atom stereocenters. The van der Waals surface area contributed by atoms with E-state index in [1.807, 2.05) is 0 Å². The third-order valence-corrected chi connectivity index (χ3v) is 5.01. The van der Waals surface area contributed by atoms with Crippen molar-refractivity contribution in [3.63, 3.8) is 0 Å². The lowest BCUT2D eigenvalue weighted by atomic mass is 10.1. The van der Waals surface area contributed by atoms with E-state index >= 15 is 0 Å². The van der Waals surface area contributed by atoms with Gasteiger partial charge in [0.15, 0.2) is 5.78 Å². The largest absolute Gasteiger partial charge is 0.324 e. The number of nitrogens with one attached hydrogen (secondary N) is 1. The van der Waals surface area contributed by atoms with Crippen molar-refractivity contribution >= 4 is 52.4 Å². The molecule has 0 aliphatic carbocycles. The molecular weight excluding hydrogens is 391 g/mol. The van der Waals surface area contributed by atoms with Gasteiger partial charge in [0, 0.05) is 11.3 Å². The number of benzene rings is 2. The molecular formula is C19H14Cl2N2O4. The van der Waals surface area contributed by atoms with E-state index in [-0.39, 0.29) is 27.0 Å². The molecule has 6 nitrogen and oxygen atoms in total. The lowest BCUT2D eigenvalue weighted by Gasteiger charge is -2.21. The second-order valence-electron chi connectivity index (χ2n) is 6.09. The zero-order chi connectivity index (χ0) is 19.9. The summed E-state index contributed by atoms with van der Waals surface area (Å²) in [4.78, 5) is 49.8. The SMILES string of the molecule is CC(=O)c1ccc(NC(=O)[C@H](C)N2C(=O)c3cc(Cl)c(Cl)cc3C2=O)cc1. The van der Waals surface area contributed by atoms with E-state index in [1.165, 1.54) is 26.0 Å². The average Bonchev–Trinajstić information content (AvgIpc) is 2.85. The molecule has 1 aliphatic rings. The molecule has 1 heterocycles. The van der Waals surface area contributed by atoms with Gasteiger partial charge < -0.3 is 5.32 Å². The predicted molar refractivity (Wildman–Crippen MR) is 102 cm³/mol. The maximum absolute atomic E-state index is 12.6. The minimum absolute atomic E-state index is 0.0930. The molecule has 0 radical (unpaired) electrons. The number of rotatable bonds is 4. The number of carbonyl (C=O) groups is 4. The van der Waals surface area contributed by atoms with Crippen LogP contribution in [-0.4, -0.2) is 34.4 Å². The Morgan fingerprint density at radius 2 is 1.44 bits per heavy atom. The van der Waals surface area contributed by atoms with Crippen LogP contribution >= 0.6 is 23.2 Å². The number of ketones is 1. The van der Waals surface area contributed by atoms with E-state index in [0.29, 0.717) is 11.3 Å². The van der Waals surface area contributed by atoms with Gasteiger partial charge in [-0.2, -0.15) is 0 Å². The molecule has 0 unspecified atom stereocenters. The second-order valence-corrected chi connectivity index (χ2v) is 6.91.